The molecule has 1 aromatic carbocycles. The van der Waals surface area contributed by atoms with Gasteiger partial charge >= 0.3 is 0 Å². The number of hydrogen-bond acceptors (Lipinski definition) is 4. The molecule has 2 aliphatic rings. The molecule has 1 fully saturated rings. The van der Waals surface area contributed by atoms with E-state index in [0.29, 0.717) is 30.1 Å². The molecule has 1 N–H and O–H groups in total. The van der Waals surface area contributed by atoms with Crippen LogP contribution in [0.4, 0.5) is 0 Å². The zero-order valence-electron chi connectivity index (χ0n) is 14.9. The third kappa shape index (κ3) is 3.58. The molecule has 2 heterocycles. The van der Waals surface area contributed by atoms with E-state index >= 15 is 0 Å². The Labute approximate surface area is 148 Å². The molecule has 0 aliphatic carbocycles. The number of imide groups is 1. The van der Waals surface area contributed by atoms with E-state index < -0.39 is 0 Å². The van der Waals surface area contributed by atoms with Gasteiger partial charge in [0.2, 0.25) is 5.91 Å². The highest BCUT2D eigenvalue weighted by Gasteiger charge is 2.37. The van der Waals surface area contributed by atoms with Gasteiger partial charge in [0.1, 0.15) is 6.54 Å². The van der Waals surface area contributed by atoms with Crippen molar-refractivity contribution in [3.8, 4) is 0 Å². The van der Waals surface area contributed by atoms with Crippen molar-refractivity contribution in [2.75, 3.05) is 33.2 Å². The number of hydrogen-bond donors (Lipinski definition) is 1. The third-order valence-corrected chi connectivity index (χ3v) is 5.19. The molecule has 0 saturated carbocycles. The van der Waals surface area contributed by atoms with Crippen LogP contribution in [0.5, 0.6) is 0 Å². The standard InChI is InChI=1S/C19H25N3O3/c1-13-3-4-15-16(11-13)19(25)22(18(15)24)12-17(23)21-9-6-14(7-10-21)5-8-20-2/h3-4,11,14,20H,5-10,12H2,1-2H3. The van der Waals surface area contributed by atoms with Crippen molar-refractivity contribution < 1.29 is 14.4 Å². The largest absolute Gasteiger partial charge is 0.341 e. The third-order valence-electron chi connectivity index (χ3n) is 5.19. The van der Waals surface area contributed by atoms with Crippen LogP contribution >= 0.6 is 0 Å². The number of fused-ring (bicyclic) bond motifs is 1. The van der Waals surface area contributed by atoms with E-state index in [0.717, 1.165) is 36.3 Å². The summed E-state index contributed by atoms with van der Waals surface area (Å²) < 4.78 is 0. The molecule has 134 valence electrons. The first-order chi connectivity index (χ1) is 12.0. The van der Waals surface area contributed by atoms with Crippen molar-refractivity contribution in [3.63, 3.8) is 0 Å². The van der Waals surface area contributed by atoms with Crippen LogP contribution in [0.1, 0.15) is 45.5 Å². The number of carbonyl (C=O) groups excluding carboxylic acids is 3. The van der Waals surface area contributed by atoms with E-state index in [1.807, 2.05) is 20.0 Å². The number of likely N-dealkylation sites (tertiary alicyclic amines) is 1. The molecule has 0 atom stereocenters. The zero-order chi connectivity index (χ0) is 18.0. The fraction of sp³-hybridized carbons (Fsp3) is 0.526. The Kier molecular flexibility index (Phi) is 5.18. The van der Waals surface area contributed by atoms with Gasteiger partial charge in [-0.25, -0.2) is 0 Å². The quantitative estimate of drug-likeness (QED) is 0.822. The van der Waals surface area contributed by atoms with Crippen molar-refractivity contribution in [1.29, 1.82) is 0 Å². The van der Waals surface area contributed by atoms with Gasteiger partial charge in [0.05, 0.1) is 11.1 Å². The molecule has 0 aromatic heterocycles. The second-order valence-corrected chi connectivity index (χ2v) is 6.96. The average molecular weight is 343 g/mol. The highest BCUT2D eigenvalue weighted by molar-refractivity contribution is 6.22. The maximum atomic E-state index is 12.6. The molecular formula is C19H25N3O3. The van der Waals surface area contributed by atoms with Crippen LogP contribution in [0.25, 0.3) is 0 Å². The lowest BCUT2D eigenvalue weighted by Crippen LogP contribution is -2.45. The van der Waals surface area contributed by atoms with E-state index in [4.69, 9.17) is 0 Å². The number of benzene rings is 1. The van der Waals surface area contributed by atoms with Crippen LogP contribution < -0.4 is 5.32 Å². The van der Waals surface area contributed by atoms with Crippen molar-refractivity contribution >= 4 is 17.7 Å². The number of rotatable bonds is 5. The van der Waals surface area contributed by atoms with Gasteiger partial charge < -0.3 is 10.2 Å². The van der Waals surface area contributed by atoms with Crippen LogP contribution in [0.2, 0.25) is 0 Å². The number of nitrogens with one attached hydrogen (secondary N) is 1. The monoisotopic (exact) mass is 343 g/mol. The molecule has 2 aliphatic heterocycles. The SMILES string of the molecule is CNCCC1CCN(C(=O)CN2C(=O)c3ccc(C)cc3C2=O)CC1. The van der Waals surface area contributed by atoms with Crippen LogP contribution in [-0.2, 0) is 4.79 Å². The molecule has 0 radical (unpaired) electrons. The first-order valence-corrected chi connectivity index (χ1v) is 8.90. The van der Waals surface area contributed by atoms with Gasteiger partial charge in [-0.2, -0.15) is 0 Å². The highest BCUT2D eigenvalue weighted by atomic mass is 16.2. The number of amides is 3. The zero-order valence-corrected chi connectivity index (χ0v) is 14.9. The summed E-state index contributed by atoms with van der Waals surface area (Å²) in [4.78, 5) is 40.3. The first-order valence-electron chi connectivity index (χ1n) is 8.90. The van der Waals surface area contributed by atoms with Crippen LogP contribution in [0.3, 0.4) is 0 Å². The molecular weight excluding hydrogens is 318 g/mol. The van der Waals surface area contributed by atoms with Crippen LogP contribution in [-0.4, -0.2) is 60.7 Å². The molecule has 6 nitrogen and oxygen atoms in total. The lowest BCUT2D eigenvalue weighted by Gasteiger charge is -2.32. The molecule has 0 unspecified atom stereocenters. The summed E-state index contributed by atoms with van der Waals surface area (Å²) in [6.45, 7) is 4.12. The topological polar surface area (TPSA) is 69.7 Å². The summed E-state index contributed by atoms with van der Waals surface area (Å²) >= 11 is 0. The van der Waals surface area contributed by atoms with Gasteiger partial charge in [-0.05, 0) is 57.8 Å². The Morgan fingerprint density at radius 2 is 1.84 bits per heavy atom. The average Bonchev–Trinajstić information content (AvgIpc) is 2.84. The molecule has 3 rings (SSSR count). The fourth-order valence-electron chi connectivity index (χ4n) is 3.60. The molecule has 25 heavy (non-hydrogen) atoms. The summed E-state index contributed by atoms with van der Waals surface area (Å²) in [5, 5.41) is 3.16. The summed E-state index contributed by atoms with van der Waals surface area (Å²) in [6, 6.07) is 5.20. The molecule has 6 heteroatoms. The summed E-state index contributed by atoms with van der Waals surface area (Å²) in [7, 11) is 1.95. The highest BCUT2D eigenvalue weighted by Crippen LogP contribution is 2.25. The predicted octanol–water partition coefficient (Wildman–Crippen LogP) is 1.44. The van der Waals surface area contributed by atoms with Crippen molar-refractivity contribution in [3.05, 3.63) is 34.9 Å². The summed E-state index contributed by atoms with van der Waals surface area (Å²) in [6.07, 6.45) is 3.08. The Morgan fingerprint density at radius 1 is 1.16 bits per heavy atom. The maximum Gasteiger partial charge on any atom is 0.262 e. The van der Waals surface area contributed by atoms with Gasteiger partial charge in [0.25, 0.3) is 11.8 Å². The van der Waals surface area contributed by atoms with E-state index in [1.165, 1.54) is 0 Å². The Balaban J connectivity index is 1.59. The minimum absolute atomic E-state index is 0.140. The molecule has 1 aromatic rings. The minimum Gasteiger partial charge on any atom is -0.341 e. The maximum absolute atomic E-state index is 12.6. The Hall–Kier alpha value is -2.21. The Morgan fingerprint density at radius 3 is 2.52 bits per heavy atom. The van der Waals surface area contributed by atoms with Gasteiger partial charge in [0.15, 0.2) is 0 Å². The van der Waals surface area contributed by atoms with E-state index in [1.54, 1.807) is 17.0 Å². The normalized spacial score (nSPS) is 18.0. The van der Waals surface area contributed by atoms with Crippen LogP contribution in [0, 0.1) is 12.8 Å². The molecule has 1 saturated heterocycles. The smallest absolute Gasteiger partial charge is 0.262 e. The summed E-state index contributed by atoms with van der Waals surface area (Å²) in [5.41, 5.74) is 1.73. The lowest BCUT2D eigenvalue weighted by molar-refractivity contribution is -0.132. The summed E-state index contributed by atoms with van der Waals surface area (Å²) in [5.74, 6) is -0.227. The van der Waals surface area contributed by atoms with Gasteiger partial charge in [-0.15, -0.1) is 0 Å². The van der Waals surface area contributed by atoms with Gasteiger partial charge in [0, 0.05) is 13.1 Å². The Bertz CT molecular complexity index is 693. The molecule has 0 spiro atoms. The van der Waals surface area contributed by atoms with E-state index in [9.17, 15) is 14.4 Å². The second kappa shape index (κ2) is 7.35. The van der Waals surface area contributed by atoms with Crippen LogP contribution in [0.15, 0.2) is 18.2 Å². The van der Waals surface area contributed by atoms with E-state index in [2.05, 4.69) is 5.32 Å². The second-order valence-electron chi connectivity index (χ2n) is 6.96. The van der Waals surface area contributed by atoms with Gasteiger partial charge in [-0.1, -0.05) is 11.6 Å². The van der Waals surface area contributed by atoms with Crippen molar-refractivity contribution in [2.45, 2.75) is 26.2 Å². The first kappa shape index (κ1) is 17.6. The van der Waals surface area contributed by atoms with Gasteiger partial charge in [-0.3, -0.25) is 19.3 Å². The number of piperidine rings is 1. The lowest BCUT2D eigenvalue weighted by atomic mass is 9.93. The molecule has 0 bridgehead atoms. The van der Waals surface area contributed by atoms with E-state index in [-0.39, 0.29) is 24.3 Å². The van der Waals surface area contributed by atoms with Crippen molar-refractivity contribution in [2.24, 2.45) is 5.92 Å². The molecule has 3 amide bonds. The fourth-order valence-corrected chi connectivity index (χ4v) is 3.60. The number of aryl methyl sites for hydroxylation is 1. The predicted molar refractivity (Wildman–Crippen MR) is 94.4 cm³/mol. The van der Waals surface area contributed by atoms with Crippen molar-refractivity contribution in [1.82, 2.24) is 15.1 Å². The minimum atomic E-state index is -0.364. The number of carbonyl (C=O) groups is 3. The number of nitrogens with zero attached hydrogens (tertiary/aromatic N) is 2.